The van der Waals surface area contributed by atoms with Crippen LogP contribution in [0.25, 0.3) is 0 Å². The Labute approximate surface area is 124 Å². The third-order valence-corrected chi connectivity index (χ3v) is 5.93. The molecule has 0 fully saturated rings. The Morgan fingerprint density at radius 2 is 1.86 bits per heavy atom. The summed E-state index contributed by atoms with van der Waals surface area (Å²) in [5.74, 6) is -0.334. The monoisotopic (exact) mass is 305 g/mol. The van der Waals surface area contributed by atoms with Gasteiger partial charge in [0.1, 0.15) is 5.82 Å². The highest BCUT2D eigenvalue weighted by atomic mass is 32.2. The topological polar surface area (TPSA) is 37.4 Å². The summed E-state index contributed by atoms with van der Waals surface area (Å²) < 4.78 is 40.3. The number of hydrogen-bond donors (Lipinski definition) is 0. The number of sulfonamides is 1. The lowest BCUT2D eigenvalue weighted by Crippen LogP contribution is -2.38. The molecule has 0 aliphatic carbocycles. The molecule has 0 spiro atoms. The van der Waals surface area contributed by atoms with Crippen LogP contribution in [-0.4, -0.2) is 19.3 Å². The summed E-state index contributed by atoms with van der Waals surface area (Å²) in [7, 11) is -3.56. The molecule has 2 aromatic carbocycles. The molecule has 0 saturated heterocycles. The van der Waals surface area contributed by atoms with Gasteiger partial charge in [-0.05, 0) is 48.7 Å². The van der Waals surface area contributed by atoms with Gasteiger partial charge in [-0.3, -0.25) is 0 Å². The zero-order valence-electron chi connectivity index (χ0n) is 11.7. The predicted octanol–water partition coefficient (Wildman–Crippen LogP) is 3.13. The van der Waals surface area contributed by atoms with Gasteiger partial charge in [0, 0.05) is 12.6 Å². The van der Waals surface area contributed by atoms with Gasteiger partial charge >= 0.3 is 0 Å². The molecule has 1 heterocycles. The van der Waals surface area contributed by atoms with Gasteiger partial charge in [0.25, 0.3) is 0 Å². The van der Waals surface area contributed by atoms with Crippen molar-refractivity contribution >= 4 is 10.0 Å². The number of benzene rings is 2. The summed E-state index contributed by atoms with van der Waals surface area (Å²) in [6.45, 7) is 2.22. The molecular formula is C16H16FNO2S. The van der Waals surface area contributed by atoms with Gasteiger partial charge in [-0.25, -0.2) is 12.8 Å². The summed E-state index contributed by atoms with van der Waals surface area (Å²) in [6, 6.07) is 12.6. The highest BCUT2D eigenvalue weighted by Crippen LogP contribution is 2.34. The first-order valence-electron chi connectivity index (χ1n) is 6.85. The van der Waals surface area contributed by atoms with Crippen LogP contribution >= 0.6 is 0 Å². The number of rotatable bonds is 2. The first-order valence-corrected chi connectivity index (χ1v) is 8.29. The minimum absolute atomic E-state index is 0.275. The van der Waals surface area contributed by atoms with Crippen LogP contribution in [0.15, 0.2) is 53.4 Å². The van der Waals surface area contributed by atoms with E-state index in [9.17, 15) is 12.8 Å². The van der Waals surface area contributed by atoms with Crippen molar-refractivity contribution < 1.29 is 12.8 Å². The molecule has 3 nitrogen and oxygen atoms in total. The van der Waals surface area contributed by atoms with E-state index in [-0.39, 0.29) is 16.8 Å². The molecule has 2 aromatic rings. The first kappa shape index (κ1) is 14.2. The molecule has 3 rings (SSSR count). The van der Waals surface area contributed by atoms with Crippen LogP contribution in [-0.2, 0) is 16.4 Å². The van der Waals surface area contributed by atoms with Crippen molar-refractivity contribution in [1.29, 1.82) is 0 Å². The van der Waals surface area contributed by atoms with Gasteiger partial charge in [0.15, 0.2) is 0 Å². The zero-order valence-corrected chi connectivity index (χ0v) is 12.5. The Balaban J connectivity index is 2.02. The smallest absolute Gasteiger partial charge is 0.207 e. The molecule has 1 aliphatic heterocycles. The maximum absolute atomic E-state index is 13.4. The lowest BCUT2D eigenvalue weighted by Gasteiger charge is -2.34. The highest BCUT2D eigenvalue weighted by Gasteiger charge is 2.33. The van der Waals surface area contributed by atoms with E-state index in [0.717, 1.165) is 11.1 Å². The Morgan fingerprint density at radius 3 is 2.57 bits per heavy atom. The van der Waals surface area contributed by atoms with E-state index in [1.54, 1.807) is 43.3 Å². The van der Waals surface area contributed by atoms with E-state index in [2.05, 4.69) is 0 Å². The van der Waals surface area contributed by atoms with Crippen LogP contribution in [0, 0.1) is 5.82 Å². The molecule has 1 unspecified atom stereocenters. The van der Waals surface area contributed by atoms with E-state index >= 15 is 0 Å². The third kappa shape index (κ3) is 2.47. The molecule has 0 amide bonds. The van der Waals surface area contributed by atoms with E-state index < -0.39 is 10.0 Å². The molecule has 0 aromatic heterocycles. The van der Waals surface area contributed by atoms with Crippen molar-refractivity contribution in [3.05, 3.63) is 65.5 Å². The lowest BCUT2D eigenvalue weighted by atomic mass is 9.95. The Hall–Kier alpha value is -1.72. The van der Waals surface area contributed by atoms with Crippen LogP contribution < -0.4 is 0 Å². The maximum Gasteiger partial charge on any atom is 0.243 e. The van der Waals surface area contributed by atoms with Gasteiger partial charge in [-0.15, -0.1) is 0 Å². The fraction of sp³-hybridized carbons (Fsp3) is 0.250. The Morgan fingerprint density at radius 1 is 1.14 bits per heavy atom. The standard InChI is InChI=1S/C16H16FNO2S/c1-12-16-11-14(17)8-7-13(16)9-10-18(12)21(19,20)15-5-3-2-4-6-15/h2-8,11-12H,9-10H2,1H3. The summed E-state index contributed by atoms with van der Waals surface area (Å²) in [5.41, 5.74) is 1.77. The fourth-order valence-electron chi connectivity index (χ4n) is 2.82. The average Bonchev–Trinajstić information content (AvgIpc) is 2.49. The van der Waals surface area contributed by atoms with Crippen LogP contribution in [0.2, 0.25) is 0 Å². The van der Waals surface area contributed by atoms with Crippen molar-refractivity contribution in [2.24, 2.45) is 0 Å². The summed E-state index contributed by atoms with van der Waals surface area (Å²) in [6.07, 6.45) is 0.603. The van der Waals surface area contributed by atoms with Crippen molar-refractivity contribution in [2.75, 3.05) is 6.54 Å². The van der Waals surface area contributed by atoms with Crippen molar-refractivity contribution in [2.45, 2.75) is 24.3 Å². The molecule has 1 atom stereocenters. The van der Waals surface area contributed by atoms with E-state index in [1.807, 2.05) is 0 Å². The van der Waals surface area contributed by atoms with Crippen LogP contribution in [0.4, 0.5) is 4.39 Å². The molecule has 110 valence electrons. The second-order valence-electron chi connectivity index (χ2n) is 5.20. The van der Waals surface area contributed by atoms with Gasteiger partial charge in [0.05, 0.1) is 4.90 Å². The molecule has 0 bridgehead atoms. The van der Waals surface area contributed by atoms with Crippen LogP contribution in [0.5, 0.6) is 0 Å². The number of halogens is 1. The average molecular weight is 305 g/mol. The maximum atomic E-state index is 13.4. The van der Waals surface area contributed by atoms with E-state index in [1.165, 1.54) is 16.4 Å². The van der Waals surface area contributed by atoms with Gasteiger partial charge < -0.3 is 0 Å². The van der Waals surface area contributed by atoms with Crippen molar-refractivity contribution in [3.8, 4) is 0 Å². The van der Waals surface area contributed by atoms with Crippen molar-refractivity contribution in [1.82, 2.24) is 4.31 Å². The zero-order chi connectivity index (χ0) is 15.0. The lowest BCUT2D eigenvalue weighted by molar-refractivity contribution is 0.325. The van der Waals surface area contributed by atoms with Crippen LogP contribution in [0.3, 0.4) is 0 Å². The molecule has 0 saturated carbocycles. The Kier molecular flexibility index (Phi) is 3.55. The minimum Gasteiger partial charge on any atom is -0.207 e. The first-order chi connectivity index (χ1) is 10.00. The normalized spacial score (nSPS) is 19.2. The quantitative estimate of drug-likeness (QED) is 0.855. The molecule has 0 radical (unpaired) electrons. The summed E-state index contributed by atoms with van der Waals surface area (Å²) in [4.78, 5) is 0.275. The predicted molar refractivity (Wildman–Crippen MR) is 78.9 cm³/mol. The van der Waals surface area contributed by atoms with E-state index in [4.69, 9.17) is 0 Å². The number of hydrogen-bond acceptors (Lipinski definition) is 2. The third-order valence-electron chi connectivity index (χ3n) is 3.94. The molecule has 21 heavy (non-hydrogen) atoms. The second kappa shape index (κ2) is 5.24. The minimum atomic E-state index is -3.56. The Bertz CT molecular complexity index is 759. The summed E-state index contributed by atoms with van der Waals surface area (Å²) in [5, 5.41) is 0. The molecular weight excluding hydrogens is 289 g/mol. The van der Waals surface area contributed by atoms with Gasteiger partial charge in [0.2, 0.25) is 10.0 Å². The largest absolute Gasteiger partial charge is 0.243 e. The summed E-state index contributed by atoms with van der Waals surface area (Å²) >= 11 is 0. The molecule has 5 heteroatoms. The SMILES string of the molecule is CC1c2cc(F)ccc2CCN1S(=O)(=O)c1ccccc1. The fourth-order valence-corrected chi connectivity index (χ4v) is 4.45. The highest BCUT2D eigenvalue weighted by molar-refractivity contribution is 7.89. The molecule has 1 aliphatic rings. The van der Waals surface area contributed by atoms with Gasteiger partial charge in [-0.1, -0.05) is 24.3 Å². The van der Waals surface area contributed by atoms with Crippen molar-refractivity contribution in [3.63, 3.8) is 0 Å². The number of fused-ring (bicyclic) bond motifs is 1. The van der Waals surface area contributed by atoms with Crippen LogP contribution in [0.1, 0.15) is 24.1 Å². The second-order valence-corrected chi connectivity index (χ2v) is 7.09. The van der Waals surface area contributed by atoms with E-state index in [0.29, 0.717) is 13.0 Å². The number of nitrogens with zero attached hydrogens (tertiary/aromatic N) is 1. The van der Waals surface area contributed by atoms with Gasteiger partial charge in [-0.2, -0.15) is 4.31 Å². The molecule has 0 N–H and O–H groups in total.